The molecule has 2 atom stereocenters. The molecule has 1 aliphatic heterocycles. The average Bonchev–Trinajstić information content (AvgIpc) is 3.45. The van der Waals surface area contributed by atoms with Crippen LogP contribution in [0, 0.1) is 0 Å². The normalized spacial score (nSPS) is 19.6. The molecule has 32 heavy (non-hydrogen) atoms. The van der Waals surface area contributed by atoms with Crippen LogP contribution >= 0.6 is 0 Å². The molecule has 0 bridgehead atoms. The zero-order valence-electron chi connectivity index (χ0n) is 18.1. The first kappa shape index (κ1) is 20.6. The summed E-state index contributed by atoms with van der Waals surface area (Å²) in [5.74, 6) is 1.03. The van der Waals surface area contributed by atoms with Crippen LogP contribution in [-0.2, 0) is 4.74 Å². The molecule has 168 valence electrons. The largest absolute Gasteiger partial charge is 0.383 e. The Morgan fingerprint density at radius 2 is 2.06 bits per heavy atom. The van der Waals surface area contributed by atoms with E-state index in [1.54, 1.807) is 22.3 Å². The lowest BCUT2D eigenvalue weighted by atomic mass is 10.0. The number of likely N-dealkylation sites (tertiary alicyclic amines) is 1. The third-order valence-corrected chi connectivity index (χ3v) is 5.83. The van der Waals surface area contributed by atoms with Gasteiger partial charge in [0.15, 0.2) is 11.5 Å². The van der Waals surface area contributed by atoms with Gasteiger partial charge in [0.2, 0.25) is 5.95 Å². The third-order valence-electron chi connectivity index (χ3n) is 5.83. The van der Waals surface area contributed by atoms with Crippen molar-refractivity contribution < 1.29 is 9.13 Å². The zero-order chi connectivity index (χ0) is 22.1. The van der Waals surface area contributed by atoms with E-state index in [-0.39, 0.29) is 6.04 Å². The molecule has 5 heterocycles. The quantitative estimate of drug-likeness (QED) is 0.451. The number of anilines is 2. The molecule has 2 N–H and O–H groups in total. The van der Waals surface area contributed by atoms with Crippen molar-refractivity contribution in [1.29, 1.82) is 0 Å². The predicted octanol–water partition coefficient (Wildman–Crippen LogP) is 1.95. The molecule has 0 radical (unpaired) electrons. The van der Waals surface area contributed by atoms with Crippen LogP contribution in [0.1, 0.15) is 6.42 Å². The Balaban J connectivity index is 1.40. The standard InChI is InChI=1S/C21H26FN9O/c1-23-20-19-14(16-6-10-30-18(25-16)3-7-24-30)4-9-31(19)28-21(27-20)26-17-5-8-29(11-12-32-2)13-15(17)22/h3-4,6-7,9-10,15,17H,5,8,11-13H2,1-2H3,(H2,23,26,27,28)/t15-,17+/m1/s1. The number of aromatic nitrogens is 6. The molecule has 10 nitrogen and oxygen atoms in total. The van der Waals surface area contributed by atoms with Gasteiger partial charge in [0.25, 0.3) is 0 Å². The number of hydrogen-bond acceptors (Lipinski definition) is 8. The maximum Gasteiger partial charge on any atom is 0.243 e. The number of methoxy groups -OCH3 is 1. The number of rotatable bonds is 7. The summed E-state index contributed by atoms with van der Waals surface area (Å²) in [5, 5.41) is 15.1. The second kappa shape index (κ2) is 8.67. The highest BCUT2D eigenvalue weighted by atomic mass is 19.1. The van der Waals surface area contributed by atoms with Gasteiger partial charge < -0.3 is 15.4 Å². The SMILES string of the molecule is CNc1nc(N[C@H]2CCN(CCOC)C[C@H]2F)nn2ccc(-c3ccn4nccc4n3)c12. The van der Waals surface area contributed by atoms with Crippen LogP contribution in [0.3, 0.4) is 0 Å². The van der Waals surface area contributed by atoms with Gasteiger partial charge in [-0.15, -0.1) is 5.10 Å². The number of piperidine rings is 1. The second-order valence-electron chi connectivity index (χ2n) is 7.85. The molecule has 11 heteroatoms. The minimum Gasteiger partial charge on any atom is -0.383 e. The summed E-state index contributed by atoms with van der Waals surface area (Å²) in [4.78, 5) is 11.4. The van der Waals surface area contributed by atoms with Crippen molar-refractivity contribution >= 4 is 22.9 Å². The monoisotopic (exact) mass is 439 g/mol. The minimum atomic E-state index is -1.01. The molecule has 0 saturated carbocycles. The molecule has 4 aromatic rings. The van der Waals surface area contributed by atoms with Crippen LogP contribution in [0.5, 0.6) is 0 Å². The first-order valence-electron chi connectivity index (χ1n) is 10.7. The summed E-state index contributed by atoms with van der Waals surface area (Å²) in [7, 11) is 3.47. The summed E-state index contributed by atoms with van der Waals surface area (Å²) in [6.07, 6.45) is 5.11. The summed E-state index contributed by atoms with van der Waals surface area (Å²) >= 11 is 0. The lowest BCUT2D eigenvalue weighted by Crippen LogP contribution is -2.48. The first-order chi connectivity index (χ1) is 15.7. The van der Waals surface area contributed by atoms with E-state index >= 15 is 0 Å². The fourth-order valence-corrected chi connectivity index (χ4v) is 4.15. The topological polar surface area (TPSA) is 96.9 Å². The molecule has 5 rings (SSSR count). The van der Waals surface area contributed by atoms with E-state index in [0.717, 1.165) is 35.5 Å². The van der Waals surface area contributed by atoms with E-state index in [1.165, 1.54) is 0 Å². The van der Waals surface area contributed by atoms with Crippen molar-refractivity contribution in [3.05, 3.63) is 36.8 Å². The van der Waals surface area contributed by atoms with Crippen LogP contribution in [0.25, 0.3) is 22.4 Å². The summed E-state index contributed by atoms with van der Waals surface area (Å²) < 4.78 is 23.4. The predicted molar refractivity (Wildman–Crippen MR) is 120 cm³/mol. The zero-order valence-corrected chi connectivity index (χ0v) is 18.1. The Morgan fingerprint density at radius 1 is 1.19 bits per heavy atom. The maximum atomic E-state index is 14.8. The lowest BCUT2D eigenvalue weighted by molar-refractivity contribution is 0.0918. The molecular formula is C21H26FN9O. The van der Waals surface area contributed by atoms with Gasteiger partial charge in [-0.3, -0.25) is 4.90 Å². The minimum absolute atomic E-state index is 0.336. The summed E-state index contributed by atoms with van der Waals surface area (Å²) in [6, 6.07) is 5.38. The lowest BCUT2D eigenvalue weighted by Gasteiger charge is -2.34. The number of nitrogens with zero attached hydrogens (tertiary/aromatic N) is 7. The van der Waals surface area contributed by atoms with E-state index in [9.17, 15) is 4.39 Å². The van der Waals surface area contributed by atoms with Gasteiger partial charge in [-0.25, -0.2) is 18.4 Å². The maximum absolute atomic E-state index is 14.8. The molecule has 0 aromatic carbocycles. The molecule has 0 aliphatic carbocycles. The molecule has 1 fully saturated rings. The molecule has 4 aromatic heterocycles. The number of ether oxygens (including phenoxy) is 1. The summed E-state index contributed by atoms with van der Waals surface area (Å²) in [5.41, 5.74) is 3.27. The van der Waals surface area contributed by atoms with E-state index in [4.69, 9.17) is 4.74 Å². The van der Waals surface area contributed by atoms with Crippen molar-refractivity contribution in [3.63, 3.8) is 0 Å². The number of nitrogens with one attached hydrogen (secondary N) is 2. The van der Waals surface area contributed by atoms with Gasteiger partial charge in [0.1, 0.15) is 11.7 Å². The number of fused-ring (bicyclic) bond motifs is 2. The highest BCUT2D eigenvalue weighted by Crippen LogP contribution is 2.29. The first-order valence-corrected chi connectivity index (χ1v) is 10.7. The second-order valence-corrected chi connectivity index (χ2v) is 7.85. The summed E-state index contributed by atoms with van der Waals surface area (Å²) in [6.45, 7) is 2.52. The van der Waals surface area contributed by atoms with Crippen molar-refractivity contribution in [2.45, 2.75) is 18.6 Å². The Bertz CT molecular complexity index is 1220. The Hall–Kier alpha value is -3.31. The van der Waals surface area contributed by atoms with Crippen LogP contribution in [0.2, 0.25) is 0 Å². The van der Waals surface area contributed by atoms with Gasteiger partial charge in [-0.1, -0.05) is 0 Å². The Morgan fingerprint density at radius 3 is 2.88 bits per heavy atom. The molecule has 1 saturated heterocycles. The Kier molecular flexibility index (Phi) is 5.58. The van der Waals surface area contributed by atoms with Crippen molar-refractivity contribution in [2.75, 3.05) is 51.0 Å². The molecular weight excluding hydrogens is 413 g/mol. The molecule has 1 aliphatic rings. The van der Waals surface area contributed by atoms with Crippen LogP contribution in [0.4, 0.5) is 16.2 Å². The fourth-order valence-electron chi connectivity index (χ4n) is 4.15. The van der Waals surface area contributed by atoms with Crippen molar-refractivity contribution in [1.82, 2.24) is 34.1 Å². The number of hydrogen-bond donors (Lipinski definition) is 2. The third kappa shape index (κ3) is 3.84. The highest BCUT2D eigenvalue weighted by Gasteiger charge is 2.30. The van der Waals surface area contributed by atoms with E-state index < -0.39 is 6.17 Å². The fraction of sp³-hybridized carbons (Fsp3) is 0.429. The number of halogens is 1. The van der Waals surface area contributed by atoms with Crippen molar-refractivity contribution in [3.8, 4) is 11.3 Å². The van der Waals surface area contributed by atoms with Gasteiger partial charge in [-0.2, -0.15) is 10.1 Å². The molecule has 0 unspecified atom stereocenters. The van der Waals surface area contributed by atoms with E-state index in [1.807, 2.05) is 37.6 Å². The van der Waals surface area contributed by atoms with Crippen LogP contribution in [-0.4, -0.2) is 86.7 Å². The van der Waals surface area contributed by atoms with Crippen LogP contribution < -0.4 is 10.6 Å². The van der Waals surface area contributed by atoms with Crippen molar-refractivity contribution in [2.24, 2.45) is 0 Å². The van der Waals surface area contributed by atoms with E-state index in [2.05, 4.69) is 35.7 Å². The highest BCUT2D eigenvalue weighted by molar-refractivity contribution is 5.87. The smallest absolute Gasteiger partial charge is 0.243 e. The average molecular weight is 439 g/mol. The molecule has 0 amide bonds. The molecule has 0 spiro atoms. The Labute approximate surface area is 184 Å². The number of alkyl halides is 1. The van der Waals surface area contributed by atoms with Gasteiger partial charge in [0, 0.05) is 57.8 Å². The van der Waals surface area contributed by atoms with Gasteiger partial charge in [-0.05, 0) is 18.6 Å². The van der Waals surface area contributed by atoms with Gasteiger partial charge in [0.05, 0.1) is 24.5 Å². The van der Waals surface area contributed by atoms with Crippen LogP contribution in [0.15, 0.2) is 36.8 Å². The van der Waals surface area contributed by atoms with E-state index in [0.29, 0.717) is 31.3 Å². The van der Waals surface area contributed by atoms with Gasteiger partial charge >= 0.3 is 0 Å².